The molecule has 2 amide bonds. The lowest BCUT2D eigenvalue weighted by Gasteiger charge is -2.18. The molecule has 0 aromatic rings. The summed E-state index contributed by atoms with van der Waals surface area (Å²) >= 11 is 1.71. The van der Waals surface area contributed by atoms with E-state index in [9.17, 15) is 9.59 Å². The minimum absolute atomic E-state index is 0.0790. The van der Waals surface area contributed by atoms with E-state index in [0.717, 1.165) is 19.3 Å². The van der Waals surface area contributed by atoms with Gasteiger partial charge < -0.3 is 10.6 Å². The van der Waals surface area contributed by atoms with Crippen LogP contribution in [0.1, 0.15) is 19.3 Å². The van der Waals surface area contributed by atoms with Crippen molar-refractivity contribution in [3.8, 4) is 6.07 Å². The molecule has 2 unspecified atom stereocenters. The number of carbonyl (C=O) groups excluding carboxylic acids is 2. The molecule has 1 saturated carbocycles. The fourth-order valence-corrected chi connectivity index (χ4v) is 2.74. The highest BCUT2D eigenvalue weighted by Crippen LogP contribution is 2.28. The van der Waals surface area contributed by atoms with Gasteiger partial charge >= 0.3 is 11.8 Å². The van der Waals surface area contributed by atoms with E-state index in [1.165, 1.54) is 0 Å². The molecule has 0 aromatic heterocycles. The van der Waals surface area contributed by atoms with Crippen LogP contribution in [0, 0.1) is 11.3 Å². The Bertz CT molecular complexity index is 314. The van der Waals surface area contributed by atoms with E-state index in [2.05, 4.69) is 10.6 Å². The van der Waals surface area contributed by atoms with Crippen LogP contribution in [0.4, 0.5) is 0 Å². The van der Waals surface area contributed by atoms with Crippen LogP contribution in [0.15, 0.2) is 0 Å². The normalized spacial score (nSPS) is 23.5. The topological polar surface area (TPSA) is 82.0 Å². The number of rotatable bonds is 3. The molecule has 0 aromatic carbocycles. The zero-order valence-corrected chi connectivity index (χ0v) is 9.97. The average Bonchev–Trinajstić information content (AvgIpc) is 2.72. The Morgan fingerprint density at radius 3 is 2.81 bits per heavy atom. The van der Waals surface area contributed by atoms with Crippen LogP contribution in [0.2, 0.25) is 0 Å². The first-order chi connectivity index (χ1) is 7.69. The van der Waals surface area contributed by atoms with Gasteiger partial charge in [-0.2, -0.15) is 17.0 Å². The van der Waals surface area contributed by atoms with Gasteiger partial charge in [-0.3, -0.25) is 9.59 Å². The summed E-state index contributed by atoms with van der Waals surface area (Å²) in [7, 11) is 0. The van der Waals surface area contributed by atoms with Crippen LogP contribution in [0.25, 0.3) is 0 Å². The molecule has 1 aliphatic rings. The summed E-state index contributed by atoms with van der Waals surface area (Å²) in [5.41, 5.74) is 0. The Kier molecular flexibility index (Phi) is 5.12. The van der Waals surface area contributed by atoms with Gasteiger partial charge in [0.25, 0.3) is 0 Å². The number of amides is 2. The quantitative estimate of drug-likeness (QED) is 0.539. The summed E-state index contributed by atoms with van der Waals surface area (Å²) in [4.78, 5) is 22.6. The fraction of sp³-hybridized carbons (Fsp3) is 0.700. The average molecular weight is 241 g/mol. The van der Waals surface area contributed by atoms with E-state index in [4.69, 9.17) is 5.26 Å². The first-order valence-corrected chi connectivity index (χ1v) is 6.46. The lowest BCUT2D eigenvalue weighted by atomic mass is 10.2. The van der Waals surface area contributed by atoms with Gasteiger partial charge in [0, 0.05) is 11.3 Å². The standard InChI is InChI=1S/C10H15N3O2S/c1-16-8-4-2-3-7(8)13-10(15)9(14)12-6-5-11/h7-8H,2-4,6H2,1H3,(H,12,14)(H,13,15). The van der Waals surface area contributed by atoms with Crippen LogP contribution >= 0.6 is 11.8 Å². The summed E-state index contributed by atoms with van der Waals surface area (Å²) in [6.45, 7) is -0.136. The third kappa shape index (κ3) is 3.42. The molecular weight excluding hydrogens is 226 g/mol. The maximum Gasteiger partial charge on any atom is 0.310 e. The fourth-order valence-electron chi connectivity index (χ4n) is 1.81. The lowest BCUT2D eigenvalue weighted by Crippen LogP contribution is -2.46. The third-order valence-electron chi connectivity index (χ3n) is 2.61. The van der Waals surface area contributed by atoms with Crippen LogP contribution in [0.3, 0.4) is 0 Å². The highest BCUT2D eigenvalue weighted by Gasteiger charge is 2.29. The van der Waals surface area contributed by atoms with Crippen molar-refractivity contribution in [2.24, 2.45) is 0 Å². The molecular formula is C10H15N3O2S. The minimum Gasteiger partial charge on any atom is -0.344 e. The van der Waals surface area contributed by atoms with Crippen LogP contribution in [0.5, 0.6) is 0 Å². The van der Waals surface area contributed by atoms with Gasteiger partial charge in [-0.1, -0.05) is 6.42 Å². The van der Waals surface area contributed by atoms with Gasteiger partial charge in [0.2, 0.25) is 0 Å². The summed E-state index contributed by atoms with van der Waals surface area (Å²) < 4.78 is 0. The van der Waals surface area contributed by atoms with Crippen molar-refractivity contribution in [1.82, 2.24) is 10.6 Å². The van der Waals surface area contributed by atoms with Gasteiger partial charge in [-0.05, 0) is 19.1 Å². The first-order valence-electron chi connectivity index (χ1n) is 5.17. The predicted molar refractivity (Wildman–Crippen MR) is 61.7 cm³/mol. The highest BCUT2D eigenvalue weighted by molar-refractivity contribution is 7.99. The van der Waals surface area contributed by atoms with Crippen molar-refractivity contribution in [3.63, 3.8) is 0 Å². The van der Waals surface area contributed by atoms with Gasteiger partial charge in [0.15, 0.2) is 0 Å². The Balaban J connectivity index is 2.39. The van der Waals surface area contributed by atoms with E-state index in [0.29, 0.717) is 5.25 Å². The largest absolute Gasteiger partial charge is 0.344 e. The molecule has 5 nitrogen and oxygen atoms in total. The summed E-state index contributed by atoms with van der Waals surface area (Å²) in [6, 6.07) is 1.83. The summed E-state index contributed by atoms with van der Waals surface area (Å²) in [5, 5.41) is 13.6. The van der Waals surface area contributed by atoms with E-state index < -0.39 is 11.8 Å². The molecule has 2 N–H and O–H groups in total. The van der Waals surface area contributed by atoms with Crippen molar-refractivity contribution in [2.45, 2.75) is 30.6 Å². The zero-order chi connectivity index (χ0) is 12.0. The molecule has 0 heterocycles. The molecule has 1 fully saturated rings. The second kappa shape index (κ2) is 6.38. The first kappa shape index (κ1) is 12.8. The van der Waals surface area contributed by atoms with E-state index in [1.807, 2.05) is 6.26 Å². The number of nitrogens with zero attached hydrogens (tertiary/aromatic N) is 1. The number of nitriles is 1. The second-order valence-electron chi connectivity index (χ2n) is 3.63. The Morgan fingerprint density at radius 1 is 1.44 bits per heavy atom. The second-order valence-corrected chi connectivity index (χ2v) is 4.70. The molecule has 1 rings (SSSR count). The van der Waals surface area contributed by atoms with Crippen molar-refractivity contribution in [1.29, 1.82) is 5.26 Å². The summed E-state index contributed by atoms with van der Waals surface area (Å²) in [6.07, 6.45) is 5.08. The molecule has 1 aliphatic carbocycles. The molecule has 2 atom stereocenters. The number of carbonyl (C=O) groups is 2. The monoisotopic (exact) mass is 241 g/mol. The maximum atomic E-state index is 11.4. The third-order valence-corrected chi connectivity index (χ3v) is 3.78. The SMILES string of the molecule is CSC1CCCC1NC(=O)C(=O)NCC#N. The van der Waals surface area contributed by atoms with E-state index in [1.54, 1.807) is 17.8 Å². The van der Waals surface area contributed by atoms with Crippen molar-refractivity contribution in [3.05, 3.63) is 0 Å². The Labute approximate surface area is 99.0 Å². The van der Waals surface area contributed by atoms with Gasteiger partial charge in [0.1, 0.15) is 6.54 Å². The number of nitrogens with one attached hydrogen (secondary N) is 2. The van der Waals surface area contributed by atoms with Crippen LogP contribution < -0.4 is 10.6 Å². The highest BCUT2D eigenvalue weighted by atomic mass is 32.2. The summed E-state index contributed by atoms with van der Waals surface area (Å²) in [5.74, 6) is -1.37. The Morgan fingerprint density at radius 2 is 2.19 bits per heavy atom. The predicted octanol–water partition coefficient (Wildman–Crippen LogP) is 0.0265. The molecule has 0 spiro atoms. The molecule has 6 heteroatoms. The van der Waals surface area contributed by atoms with Gasteiger partial charge in [0.05, 0.1) is 6.07 Å². The van der Waals surface area contributed by atoms with Crippen molar-refractivity contribution >= 4 is 23.6 Å². The maximum absolute atomic E-state index is 11.4. The van der Waals surface area contributed by atoms with Crippen LogP contribution in [-0.4, -0.2) is 35.9 Å². The van der Waals surface area contributed by atoms with Gasteiger partial charge in [-0.15, -0.1) is 0 Å². The smallest absolute Gasteiger partial charge is 0.310 e. The van der Waals surface area contributed by atoms with Crippen LogP contribution in [-0.2, 0) is 9.59 Å². The van der Waals surface area contributed by atoms with Crippen molar-refractivity contribution < 1.29 is 9.59 Å². The minimum atomic E-state index is -0.728. The number of hydrogen-bond donors (Lipinski definition) is 2. The van der Waals surface area contributed by atoms with E-state index in [-0.39, 0.29) is 12.6 Å². The molecule has 0 bridgehead atoms. The lowest BCUT2D eigenvalue weighted by molar-refractivity contribution is -0.139. The number of thioether (sulfide) groups is 1. The molecule has 0 radical (unpaired) electrons. The van der Waals surface area contributed by atoms with E-state index >= 15 is 0 Å². The van der Waals surface area contributed by atoms with Gasteiger partial charge in [-0.25, -0.2) is 0 Å². The Hall–Kier alpha value is -1.22. The molecule has 0 aliphatic heterocycles. The number of hydrogen-bond acceptors (Lipinski definition) is 4. The molecule has 88 valence electrons. The molecule has 0 saturated heterocycles. The molecule has 16 heavy (non-hydrogen) atoms. The van der Waals surface area contributed by atoms with Crippen molar-refractivity contribution in [2.75, 3.05) is 12.8 Å². The zero-order valence-electron chi connectivity index (χ0n) is 9.16.